The van der Waals surface area contributed by atoms with Gasteiger partial charge in [0.25, 0.3) is 0 Å². The molecule has 0 aliphatic carbocycles. The Morgan fingerprint density at radius 3 is 2.47 bits per heavy atom. The molecule has 0 heterocycles. The molecule has 0 atom stereocenters. The Balaban J connectivity index is 3.74. The summed E-state index contributed by atoms with van der Waals surface area (Å²) in [5.41, 5.74) is 0. The Morgan fingerprint density at radius 2 is 2.00 bits per heavy atom. The average Bonchev–Trinajstić information content (AvgIpc) is 2.00. The Kier molecular flexibility index (Phi) is 5.84. The molecule has 0 aliphatic heterocycles. The largest absolute Gasteiger partial charge is 0.526 e. The van der Waals surface area contributed by atoms with Gasteiger partial charge in [-0.2, -0.15) is 0 Å². The number of ether oxygens (including phenoxy) is 1. The predicted molar refractivity (Wildman–Crippen MR) is 48.5 cm³/mol. The van der Waals surface area contributed by atoms with Gasteiger partial charge in [0.05, 0.1) is 6.42 Å². The van der Waals surface area contributed by atoms with Crippen LogP contribution in [0.15, 0.2) is 12.2 Å². The molecule has 0 saturated heterocycles. The van der Waals surface area contributed by atoms with Crippen LogP contribution in [0.25, 0.3) is 0 Å². The Labute approximate surface area is 85.9 Å². The predicted octanol–water partition coefficient (Wildman–Crippen LogP) is 0.132. The van der Waals surface area contributed by atoms with Crippen LogP contribution in [-0.4, -0.2) is 28.3 Å². The number of carbonyl (C=O) groups is 2. The van der Waals surface area contributed by atoms with Gasteiger partial charge in [-0.1, -0.05) is 6.08 Å². The van der Waals surface area contributed by atoms with Crippen LogP contribution in [0.1, 0.15) is 13.3 Å². The van der Waals surface area contributed by atoms with E-state index in [1.54, 1.807) is 6.92 Å². The summed E-state index contributed by atoms with van der Waals surface area (Å²) in [5.74, 6) is -1.77. The molecule has 0 saturated carbocycles. The molecule has 15 heavy (non-hydrogen) atoms. The zero-order valence-corrected chi connectivity index (χ0v) is 8.85. The highest BCUT2D eigenvalue weighted by atomic mass is 31.2. The second-order valence-corrected chi connectivity index (χ2v) is 3.54. The van der Waals surface area contributed by atoms with Gasteiger partial charge in [-0.15, -0.1) is 0 Å². The van der Waals surface area contributed by atoms with E-state index in [0.717, 1.165) is 6.08 Å². The molecule has 0 aromatic carbocycles. The topological polar surface area (TPSA) is 110 Å². The number of esters is 1. The van der Waals surface area contributed by atoms with Gasteiger partial charge in [0.2, 0.25) is 0 Å². The van der Waals surface area contributed by atoms with Crippen LogP contribution < -0.4 is 0 Å². The first-order valence-corrected chi connectivity index (χ1v) is 5.45. The van der Waals surface area contributed by atoms with E-state index in [-0.39, 0.29) is 6.61 Å². The summed E-state index contributed by atoms with van der Waals surface area (Å²) in [6.45, 7) is 1.32. The molecule has 0 aromatic heterocycles. The molecule has 0 fully saturated rings. The molecular weight excluding hydrogens is 227 g/mol. The zero-order valence-electron chi connectivity index (χ0n) is 7.95. The number of allylic oxidation sites excluding steroid dienone is 1. The van der Waals surface area contributed by atoms with Crippen molar-refractivity contribution in [1.29, 1.82) is 0 Å². The van der Waals surface area contributed by atoms with Gasteiger partial charge < -0.3 is 9.26 Å². The monoisotopic (exact) mass is 238 g/mol. The smallest absolute Gasteiger partial charge is 0.462 e. The molecule has 0 aliphatic rings. The minimum absolute atomic E-state index is 0.290. The van der Waals surface area contributed by atoms with Crippen molar-refractivity contribution in [3.8, 4) is 0 Å². The maximum absolute atomic E-state index is 10.7. The summed E-state index contributed by atoms with van der Waals surface area (Å²) in [6, 6.07) is 0. The van der Waals surface area contributed by atoms with E-state index in [9.17, 15) is 14.2 Å². The standard InChI is InChI=1S/C7H11O7P/c1-2-3-6(8)13-5-4-7(9)14-15(10,11)12/h2-3H,4-5H2,1H3,(H2,10,11,12). The third-order valence-electron chi connectivity index (χ3n) is 1.07. The van der Waals surface area contributed by atoms with Gasteiger partial charge in [0, 0.05) is 6.08 Å². The molecule has 0 bridgehead atoms. The van der Waals surface area contributed by atoms with Gasteiger partial charge >= 0.3 is 19.8 Å². The first-order chi connectivity index (χ1) is 6.85. The van der Waals surface area contributed by atoms with E-state index < -0.39 is 26.2 Å². The lowest BCUT2D eigenvalue weighted by molar-refractivity contribution is -0.141. The summed E-state index contributed by atoms with van der Waals surface area (Å²) >= 11 is 0. The summed E-state index contributed by atoms with van der Waals surface area (Å²) < 4.78 is 18.4. The maximum Gasteiger partial charge on any atom is 0.526 e. The highest BCUT2D eigenvalue weighted by Crippen LogP contribution is 2.36. The summed E-state index contributed by atoms with van der Waals surface area (Å²) in [6.07, 6.45) is 2.19. The molecule has 0 spiro atoms. The fraction of sp³-hybridized carbons (Fsp3) is 0.429. The minimum atomic E-state index is -4.80. The van der Waals surface area contributed by atoms with E-state index in [1.807, 2.05) is 0 Å². The second kappa shape index (κ2) is 6.34. The van der Waals surface area contributed by atoms with E-state index in [1.165, 1.54) is 6.08 Å². The Morgan fingerprint density at radius 1 is 1.40 bits per heavy atom. The van der Waals surface area contributed by atoms with Crippen molar-refractivity contribution < 1.29 is 33.2 Å². The number of rotatable bonds is 5. The number of phosphoric ester groups is 1. The average molecular weight is 238 g/mol. The molecule has 0 unspecified atom stereocenters. The highest BCUT2D eigenvalue weighted by molar-refractivity contribution is 7.46. The number of phosphoric acid groups is 1. The Hall–Kier alpha value is -1.17. The van der Waals surface area contributed by atoms with Crippen LogP contribution >= 0.6 is 7.82 Å². The Bertz CT molecular complexity index is 302. The third kappa shape index (κ3) is 9.14. The lowest BCUT2D eigenvalue weighted by atomic mass is 10.5. The van der Waals surface area contributed by atoms with Gasteiger partial charge in [-0.05, 0) is 6.92 Å². The third-order valence-corrected chi connectivity index (χ3v) is 1.52. The van der Waals surface area contributed by atoms with Crippen molar-refractivity contribution in [2.45, 2.75) is 13.3 Å². The van der Waals surface area contributed by atoms with Crippen molar-refractivity contribution in [1.82, 2.24) is 0 Å². The molecule has 0 rings (SSSR count). The van der Waals surface area contributed by atoms with Crippen LogP contribution in [0.5, 0.6) is 0 Å². The number of carbonyl (C=O) groups excluding carboxylic acids is 2. The van der Waals surface area contributed by atoms with Crippen LogP contribution in [0, 0.1) is 0 Å². The minimum Gasteiger partial charge on any atom is -0.462 e. The van der Waals surface area contributed by atoms with E-state index in [0.29, 0.717) is 0 Å². The van der Waals surface area contributed by atoms with Crippen LogP contribution in [0.3, 0.4) is 0 Å². The quantitative estimate of drug-likeness (QED) is 0.398. The number of hydrogen-bond donors (Lipinski definition) is 2. The summed E-state index contributed by atoms with van der Waals surface area (Å²) in [7, 11) is -4.80. The van der Waals surface area contributed by atoms with E-state index >= 15 is 0 Å². The molecule has 7 nitrogen and oxygen atoms in total. The molecule has 0 aromatic rings. The lowest BCUT2D eigenvalue weighted by Gasteiger charge is -2.04. The molecule has 8 heteroatoms. The first-order valence-electron chi connectivity index (χ1n) is 3.92. The van der Waals surface area contributed by atoms with Gasteiger partial charge in [-0.25, -0.2) is 9.36 Å². The normalized spacial score (nSPS) is 11.4. The van der Waals surface area contributed by atoms with Crippen molar-refractivity contribution in [2.24, 2.45) is 0 Å². The number of hydrogen-bond acceptors (Lipinski definition) is 5. The molecule has 0 radical (unpaired) electrons. The maximum atomic E-state index is 10.7. The summed E-state index contributed by atoms with van der Waals surface area (Å²) in [4.78, 5) is 37.8. The van der Waals surface area contributed by atoms with Gasteiger partial charge in [0.1, 0.15) is 6.61 Å². The first kappa shape index (κ1) is 13.8. The van der Waals surface area contributed by atoms with Crippen LogP contribution in [0.2, 0.25) is 0 Å². The van der Waals surface area contributed by atoms with Gasteiger partial charge in [-0.3, -0.25) is 14.6 Å². The van der Waals surface area contributed by atoms with E-state index in [4.69, 9.17) is 9.79 Å². The van der Waals surface area contributed by atoms with Crippen molar-refractivity contribution in [3.05, 3.63) is 12.2 Å². The van der Waals surface area contributed by atoms with Crippen molar-refractivity contribution in [3.63, 3.8) is 0 Å². The molecule has 2 N–H and O–H groups in total. The second-order valence-electron chi connectivity index (χ2n) is 2.37. The van der Waals surface area contributed by atoms with Gasteiger partial charge in [0.15, 0.2) is 0 Å². The fourth-order valence-electron chi connectivity index (χ4n) is 0.597. The molecular formula is C7H11O7P. The van der Waals surface area contributed by atoms with E-state index in [2.05, 4.69) is 9.26 Å². The SMILES string of the molecule is CC=CC(=O)OCCC(=O)OP(=O)(O)O. The molecule has 0 amide bonds. The van der Waals surface area contributed by atoms with Crippen LogP contribution in [-0.2, 0) is 23.4 Å². The fourth-order valence-corrected chi connectivity index (χ4v) is 0.954. The van der Waals surface area contributed by atoms with Crippen molar-refractivity contribution in [2.75, 3.05) is 6.61 Å². The van der Waals surface area contributed by atoms with Crippen LogP contribution in [0.4, 0.5) is 0 Å². The lowest BCUT2D eigenvalue weighted by Crippen LogP contribution is -2.09. The zero-order chi connectivity index (χ0) is 11.9. The van der Waals surface area contributed by atoms with Crippen molar-refractivity contribution >= 4 is 19.8 Å². The molecule has 86 valence electrons. The highest BCUT2D eigenvalue weighted by Gasteiger charge is 2.20. The summed E-state index contributed by atoms with van der Waals surface area (Å²) in [5, 5.41) is 0.